The summed E-state index contributed by atoms with van der Waals surface area (Å²) < 4.78 is 42.5. The quantitative estimate of drug-likeness (QED) is 0.470. The lowest BCUT2D eigenvalue weighted by atomic mass is 10.1. The highest BCUT2D eigenvalue weighted by molar-refractivity contribution is 7.92. The van der Waals surface area contributed by atoms with Crippen molar-refractivity contribution in [3.8, 4) is 17.2 Å². The maximum atomic E-state index is 13.4. The molecule has 7 nitrogen and oxygen atoms in total. The summed E-state index contributed by atoms with van der Waals surface area (Å²) in [5, 5.41) is 2.55. The van der Waals surface area contributed by atoms with Gasteiger partial charge in [-0.25, -0.2) is 13.4 Å². The lowest BCUT2D eigenvalue weighted by molar-refractivity contribution is 0.391. The summed E-state index contributed by atoms with van der Waals surface area (Å²) >= 11 is 1.60. The van der Waals surface area contributed by atoms with Gasteiger partial charge in [-0.05, 0) is 42.7 Å². The number of methoxy groups -OCH3 is 3. The van der Waals surface area contributed by atoms with Crippen molar-refractivity contribution in [3.63, 3.8) is 0 Å². The predicted octanol–water partition coefficient (Wildman–Crippen LogP) is 4.20. The van der Waals surface area contributed by atoms with Crippen LogP contribution >= 0.6 is 11.3 Å². The lowest BCUT2D eigenvalue weighted by Crippen LogP contribution is -2.39. The average Bonchev–Trinajstić information content (AvgIpc) is 3.32. The van der Waals surface area contributed by atoms with Gasteiger partial charge in [0.05, 0.1) is 32.3 Å². The number of piperidine rings is 1. The van der Waals surface area contributed by atoms with Crippen LogP contribution in [0.3, 0.4) is 0 Å². The zero-order valence-corrected chi connectivity index (χ0v) is 20.6. The Morgan fingerprint density at radius 3 is 2.27 bits per heavy atom. The van der Waals surface area contributed by atoms with Gasteiger partial charge in [0, 0.05) is 31.0 Å². The van der Waals surface area contributed by atoms with E-state index in [0.717, 1.165) is 23.0 Å². The van der Waals surface area contributed by atoms with Gasteiger partial charge in [-0.15, -0.1) is 11.3 Å². The number of ether oxygens (including phenoxy) is 3. The molecule has 1 fully saturated rings. The molecule has 0 atom stereocenters. The minimum absolute atomic E-state index is 0.193. The average molecular weight is 489 g/mol. The Morgan fingerprint density at radius 1 is 0.970 bits per heavy atom. The molecule has 33 heavy (non-hydrogen) atoms. The number of aromatic nitrogens is 1. The van der Waals surface area contributed by atoms with Crippen molar-refractivity contribution in [2.75, 3.05) is 39.3 Å². The van der Waals surface area contributed by atoms with Gasteiger partial charge < -0.3 is 19.1 Å². The first-order chi connectivity index (χ1) is 15.9. The molecule has 2 aromatic carbocycles. The van der Waals surface area contributed by atoms with Crippen LogP contribution in [-0.4, -0.2) is 53.1 Å². The number of hydrogen-bond donors (Lipinski definition) is 0. The molecule has 1 aliphatic rings. The van der Waals surface area contributed by atoms with E-state index in [0.29, 0.717) is 37.4 Å². The molecule has 4 rings (SSSR count). The Morgan fingerprint density at radius 2 is 1.64 bits per heavy atom. The molecule has 0 aliphatic carbocycles. The summed E-state index contributed by atoms with van der Waals surface area (Å²) in [7, 11) is 1.12. The Hall–Kier alpha value is -2.78. The third-order valence-electron chi connectivity index (χ3n) is 5.91. The van der Waals surface area contributed by atoms with Gasteiger partial charge in [-0.2, -0.15) is 0 Å². The minimum atomic E-state index is -3.54. The maximum Gasteiger partial charge on any atom is 0.185 e. The summed E-state index contributed by atoms with van der Waals surface area (Å²) in [4.78, 5) is 7.17. The van der Waals surface area contributed by atoms with E-state index in [1.165, 1.54) is 19.8 Å². The highest BCUT2D eigenvalue weighted by Gasteiger charge is 2.34. The van der Waals surface area contributed by atoms with E-state index < -0.39 is 15.1 Å². The predicted molar refractivity (Wildman–Crippen MR) is 130 cm³/mol. The van der Waals surface area contributed by atoms with Crippen LogP contribution in [0.5, 0.6) is 17.2 Å². The van der Waals surface area contributed by atoms with Crippen molar-refractivity contribution in [2.24, 2.45) is 0 Å². The molecule has 1 aromatic heterocycles. The molecular formula is C24H28N2O5S2. The van der Waals surface area contributed by atoms with Gasteiger partial charge in [-0.3, -0.25) is 0 Å². The van der Waals surface area contributed by atoms with Crippen LogP contribution in [0.1, 0.15) is 24.1 Å². The molecule has 0 amide bonds. The lowest BCUT2D eigenvalue weighted by Gasteiger charge is -2.31. The molecule has 0 radical (unpaired) electrons. The van der Waals surface area contributed by atoms with Gasteiger partial charge >= 0.3 is 0 Å². The Kier molecular flexibility index (Phi) is 7.09. The number of sulfone groups is 1. The fourth-order valence-electron chi connectivity index (χ4n) is 4.02. The molecule has 1 saturated heterocycles. The normalized spacial score (nSPS) is 14.8. The van der Waals surface area contributed by atoms with Gasteiger partial charge in [0.15, 0.2) is 15.0 Å². The molecule has 0 bridgehead atoms. The van der Waals surface area contributed by atoms with Crippen LogP contribution in [-0.2, 0) is 16.3 Å². The van der Waals surface area contributed by atoms with Crippen molar-refractivity contribution in [1.82, 2.24) is 4.98 Å². The van der Waals surface area contributed by atoms with Crippen LogP contribution in [0.25, 0.3) is 0 Å². The second-order valence-electron chi connectivity index (χ2n) is 7.89. The van der Waals surface area contributed by atoms with Crippen LogP contribution in [0, 0.1) is 0 Å². The number of thiazole rings is 1. The summed E-state index contributed by atoms with van der Waals surface area (Å²) in [6.07, 6.45) is 1.83. The summed E-state index contributed by atoms with van der Waals surface area (Å²) in [5.74, 6) is 1.68. The third kappa shape index (κ3) is 5.09. The molecule has 0 saturated carbocycles. The smallest absolute Gasteiger partial charge is 0.185 e. The standard InChI is InChI=1S/C24H28N2O5S2/c1-29-19-6-4-17(5-7-19)14-18-16-32-24(25-18)26-12-10-21(11-13-26)33(27,28)23-15-20(30-2)8-9-22(23)31-3/h4-9,15-16,21H,10-14H2,1-3H3. The van der Waals surface area contributed by atoms with E-state index in [2.05, 4.69) is 10.3 Å². The summed E-state index contributed by atoms with van der Waals surface area (Å²) in [5.41, 5.74) is 2.18. The van der Waals surface area contributed by atoms with E-state index >= 15 is 0 Å². The molecular weight excluding hydrogens is 460 g/mol. The van der Waals surface area contributed by atoms with E-state index in [-0.39, 0.29) is 4.90 Å². The first-order valence-corrected chi connectivity index (χ1v) is 13.2. The Bertz CT molecular complexity index is 1180. The van der Waals surface area contributed by atoms with Crippen molar-refractivity contribution >= 4 is 26.3 Å². The van der Waals surface area contributed by atoms with E-state index in [1.807, 2.05) is 24.3 Å². The second kappa shape index (κ2) is 10.0. The number of nitrogens with zero attached hydrogens (tertiary/aromatic N) is 2. The third-order valence-corrected chi connectivity index (χ3v) is 9.14. The molecule has 176 valence electrons. The van der Waals surface area contributed by atoms with Crippen molar-refractivity contribution in [2.45, 2.75) is 29.4 Å². The first-order valence-electron chi connectivity index (χ1n) is 10.7. The number of hydrogen-bond acceptors (Lipinski definition) is 8. The van der Waals surface area contributed by atoms with Crippen LogP contribution < -0.4 is 19.1 Å². The van der Waals surface area contributed by atoms with E-state index in [1.54, 1.807) is 36.6 Å². The first kappa shape index (κ1) is 23.4. The number of rotatable bonds is 8. The molecule has 0 spiro atoms. The maximum absolute atomic E-state index is 13.4. The summed E-state index contributed by atoms with van der Waals surface area (Å²) in [6.45, 7) is 1.29. The molecule has 0 N–H and O–H groups in total. The topological polar surface area (TPSA) is 78.0 Å². The number of anilines is 1. The highest BCUT2D eigenvalue weighted by atomic mass is 32.2. The second-order valence-corrected chi connectivity index (χ2v) is 10.9. The highest BCUT2D eigenvalue weighted by Crippen LogP contribution is 2.35. The fourth-order valence-corrected chi connectivity index (χ4v) is 6.80. The molecule has 3 aromatic rings. The SMILES string of the molecule is COc1ccc(Cc2csc(N3CCC(S(=O)(=O)c4cc(OC)ccc4OC)CC3)n2)cc1. The van der Waals surface area contributed by atoms with Gasteiger partial charge in [0.25, 0.3) is 0 Å². The number of benzene rings is 2. The van der Waals surface area contributed by atoms with Gasteiger partial charge in [-0.1, -0.05) is 12.1 Å². The van der Waals surface area contributed by atoms with Crippen molar-refractivity contribution < 1.29 is 22.6 Å². The largest absolute Gasteiger partial charge is 0.497 e. The van der Waals surface area contributed by atoms with Gasteiger partial charge in [0.1, 0.15) is 22.1 Å². The van der Waals surface area contributed by atoms with Crippen molar-refractivity contribution in [3.05, 3.63) is 59.1 Å². The zero-order chi connectivity index (χ0) is 23.4. The molecule has 9 heteroatoms. The monoisotopic (exact) mass is 488 g/mol. The summed E-state index contributed by atoms with van der Waals surface area (Å²) in [6, 6.07) is 12.9. The Balaban J connectivity index is 1.42. The van der Waals surface area contributed by atoms with Crippen molar-refractivity contribution in [1.29, 1.82) is 0 Å². The van der Waals surface area contributed by atoms with Crippen LogP contribution in [0.4, 0.5) is 5.13 Å². The van der Waals surface area contributed by atoms with E-state index in [9.17, 15) is 8.42 Å². The van der Waals surface area contributed by atoms with Crippen LogP contribution in [0.2, 0.25) is 0 Å². The molecule has 2 heterocycles. The minimum Gasteiger partial charge on any atom is -0.497 e. The fraction of sp³-hybridized carbons (Fsp3) is 0.375. The van der Waals surface area contributed by atoms with E-state index in [4.69, 9.17) is 19.2 Å². The Labute approximate surface area is 198 Å². The zero-order valence-electron chi connectivity index (χ0n) is 19.0. The molecule has 1 aliphatic heterocycles. The molecule has 0 unspecified atom stereocenters. The van der Waals surface area contributed by atoms with Gasteiger partial charge in [0.2, 0.25) is 0 Å². The van der Waals surface area contributed by atoms with Crippen LogP contribution in [0.15, 0.2) is 52.7 Å².